The maximum absolute atomic E-state index is 12.4. The number of hydrogen-bond acceptors (Lipinski definition) is 4. The second kappa shape index (κ2) is 4.88. The maximum Gasteiger partial charge on any atom is 0.249 e. The van der Waals surface area contributed by atoms with E-state index in [0.29, 0.717) is 17.6 Å². The maximum atomic E-state index is 12.4. The molecule has 1 amide bonds. The molecule has 1 aliphatic rings. The predicted molar refractivity (Wildman–Crippen MR) is 67.2 cm³/mol. The van der Waals surface area contributed by atoms with Gasteiger partial charge in [0.05, 0.1) is 5.41 Å². The number of amides is 1. The zero-order valence-corrected chi connectivity index (χ0v) is 11.7. The number of halogens is 1. The van der Waals surface area contributed by atoms with Gasteiger partial charge in [-0.25, -0.2) is 0 Å². The molecule has 2 heterocycles. The minimum Gasteiger partial charge on any atom is -0.337 e. The summed E-state index contributed by atoms with van der Waals surface area (Å²) in [6.07, 6.45) is 1.82. The molecule has 0 spiro atoms. The molecule has 1 saturated heterocycles. The van der Waals surface area contributed by atoms with E-state index >= 15 is 0 Å². The van der Waals surface area contributed by atoms with Crippen LogP contribution in [0.2, 0.25) is 0 Å². The lowest BCUT2D eigenvalue weighted by atomic mass is 9.94. The van der Waals surface area contributed by atoms with Gasteiger partial charge < -0.3 is 9.42 Å². The Kier molecular flexibility index (Phi) is 3.61. The number of nitrogens with zero attached hydrogens (tertiary/aromatic N) is 3. The summed E-state index contributed by atoms with van der Waals surface area (Å²) in [5.41, 5.74) is -0.556. The summed E-state index contributed by atoms with van der Waals surface area (Å²) < 4.78 is 5.19. The highest BCUT2D eigenvalue weighted by Crippen LogP contribution is 2.34. The monoisotopic (exact) mass is 271 g/mol. The summed E-state index contributed by atoms with van der Waals surface area (Å²) in [7, 11) is 0. The molecule has 0 N–H and O–H groups in total. The number of rotatable bonds is 3. The van der Waals surface area contributed by atoms with Crippen LogP contribution in [-0.2, 0) is 4.79 Å². The average molecular weight is 272 g/mol. The molecule has 2 rings (SSSR count). The molecule has 1 unspecified atom stereocenters. The minimum absolute atomic E-state index is 0.0517. The number of aromatic nitrogens is 2. The Morgan fingerprint density at radius 3 is 2.89 bits per heavy atom. The van der Waals surface area contributed by atoms with E-state index in [0.717, 1.165) is 19.4 Å². The topological polar surface area (TPSA) is 59.2 Å². The molecule has 0 radical (unpaired) electrons. The van der Waals surface area contributed by atoms with Gasteiger partial charge in [0.15, 0.2) is 5.82 Å². The van der Waals surface area contributed by atoms with Crippen LogP contribution in [0.3, 0.4) is 0 Å². The Bertz CT molecular complexity index is 444. The highest BCUT2D eigenvalue weighted by Gasteiger charge is 2.39. The molecule has 5 nitrogen and oxygen atoms in total. The van der Waals surface area contributed by atoms with Gasteiger partial charge in [0.2, 0.25) is 11.8 Å². The van der Waals surface area contributed by atoms with Crippen molar-refractivity contribution in [3.8, 4) is 0 Å². The van der Waals surface area contributed by atoms with E-state index in [2.05, 4.69) is 10.1 Å². The molecule has 1 atom stereocenters. The van der Waals surface area contributed by atoms with Crippen molar-refractivity contribution in [2.24, 2.45) is 5.41 Å². The van der Waals surface area contributed by atoms with Crippen LogP contribution in [0, 0.1) is 12.3 Å². The SMILES string of the molecule is Cc1noc(C2CCCN2C(=O)C(C)(C)CCl)n1. The molecule has 0 aromatic carbocycles. The average Bonchev–Trinajstić information content (AvgIpc) is 2.95. The minimum atomic E-state index is -0.556. The molecule has 1 fully saturated rings. The number of hydrogen-bond donors (Lipinski definition) is 0. The predicted octanol–water partition coefficient (Wildman–Crippen LogP) is 2.31. The lowest BCUT2D eigenvalue weighted by Gasteiger charge is -2.30. The van der Waals surface area contributed by atoms with Crippen molar-refractivity contribution in [1.29, 1.82) is 0 Å². The first-order valence-electron chi connectivity index (χ1n) is 6.13. The summed E-state index contributed by atoms with van der Waals surface area (Å²) in [6, 6.07) is -0.0961. The molecule has 0 saturated carbocycles. The molecular weight excluding hydrogens is 254 g/mol. The Morgan fingerprint density at radius 2 is 2.33 bits per heavy atom. The smallest absolute Gasteiger partial charge is 0.249 e. The van der Waals surface area contributed by atoms with Gasteiger partial charge in [0, 0.05) is 12.4 Å². The zero-order chi connectivity index (χ0) is 13.3. The van der Waals surface area contributed by atoms with Gasteiger partial charge in [0.25, 0.3) is 0 Å². The lowest BCUT2D eigenvalue weighted by molar-refractivity contribution is -0.140. The van der Waals surface area contributed by atoms with Gasteiger partial charge in [0.1, 0.15) is 6.04 Å². The molecule has 18 heavy (non-hydrogen) atoms. The second-order valence-electron chi connectivity index (χ2n) is 5.35. The number of likely N-dealkylation sites (tertiary alicyclic amines) is 1. The fourth-order valence-corrected chi connectivity index (χ4v) is 2.28. The van der Waals surface area contributed by atoms with Crippen molar-refractivity contribution in [1.82, 2.24) is 15.0 Å². The van der Waals surface area contributed by atoms with Gasteiger partial charge in [-0.3, -0.25) is 4.79 Å². The summed E-state index contributed by atoms with van der Waals surface area (Å²) in [5.74, 6) is 1.48. The largest absolute Gasteiger partial charge is 0.337 e. The highest BCUT2D eigenvalue weighted by atomic mass is 35.5. The van der Waals surface area contributed by atoms with Crippen LogP contribution in [0.15, 0.2) is 4.52 Å². The quantitative estimate of drug-likeness (QED) is 0.792. The van der Waals surface area contributed by atoms with Gasteiger partial charge in [-0.15, -0.1) is 11.6 Å². The van der Waals surface area contributed by atoms with Crippen LogP contribution in [-0.4, -0.2) is 33.4 Å². The first-order chi connectivity index (χ1) is 8.45. The number of carbonyl (C=O) groups excluding carboxylic acids is 1. The Balaban J connectivity index is 2.20. The Labute approximate surface area is 111 Å². The summed E-state index contributed by atoms with van der Waals surface area (Å²) in [5, 5.41) is 3.79. The third-order valence-electron chi connectivity index (χ3n) is 3.26. The van der Waals surface area contributed by atoms with Crippen molar-refractivity contribution in [3.63, 3.8) is 0 Å². The summed E-state index contributed by atoms with van der Waals surface area (Å²) in [6.45, 7) is 6.22. The van der Waals surface area contributed by atoms with E-state index in [1.165, 1.54) is 0 Å². The molecular formula is C12H18ClN3O2. The number of aryl methyl sites for hydroxylation is 1. The van der Waals surface area contributed by atoms with Crippen LogP contribution >= 0.6 is 11.6 Å². The Morgan fingerprint density at radius 1 is 1.61 bits per heavy atom. The number of carbonyl (C=O) groups is 1. The van der Waals surface area contributed by atoms with E-state index in [1.807, 2.05) is 18.7 Å². The molecule has 1 aromatic rings. The van der Waals surface area contributed by atoms with E-state index in [9.17, 15) is 4.79 Å². The van der Waals surface area contributed by atoms with Crippen molar-refractivity contribution < 1.29 is 9.32 Å². The first kappa shape index (κ1) is 13.3. The van der Waals surface area contributed by atoms with Crippen molar-refractivity contribution >= 4 is 17.5 Å². The summed E-state index contributed by atoms with van der Waals surface area (Å²) >= 11 is 5.87. The van der Waals surface area contributed by atoms with Gasteiger partial charge in [-0.05, 0) is 33.6 Å². The van der Waals surface area contributed by atoms with Crippen LogP contribution in [0.4, 0.5) is 0 Å². The standard InChI is InChI=1S/C12H18ClN3O2/c1-8-14-10(18-15-8)9-5-4-6-16(9)11(17)12(2,3)7-13/h9H,4-7H2,1-3H3. The van der Waals surface area contributed by atoms with Gasteiger partial charge in [-0.2, -0.15) is 4.98 Å². The molecule has 0 aliphatic carbocycles. The second-order valence-corrected chi connectivity index (χ2v) is 5.62. The number of alkyl halides is 1. The zero-order valence-electron chi connectivity index (χ0n) is 10.9. The van der Waals surface area contributed by atoms with E-state index in [1.54, 1.807) is 6.92 Å². The van der Waals surface area contributed by atoms with Crippen molar-refractivity contribution in [3.05, 3.63) is 11.7 Å². The van der Waals surface area contributed by atoms with Crippen LogP contribution < -0.4 is 0 Å². The van der Waals surface area contributed by atoms with Crippen LogP contribution in [0.1, 0.15) is 44.4 Å². The fraction of sp³-hybridized carbons (Fsp3) is 0.750. The van der Waals surface area contributed by atoms with Crippen LogP contribution in [0.5, 0.6) is 0 Å². The van der Waals surface area contributed by atoms with Crippen molar-refractivity contribution in [2.45, 2.75) is 39.7 Å². The lowest BCUT2D eigenvalue weighted by Crippen LogP contribution is -2.41. The highest BCUT2D eigenvalue weighted by molar-refractivity contribution is 6.19. The van der Waals surface area contributed by atoms with Crippen molar-refractivity contribution in [2.75, 3.05) is 12.4 Å². The Hall–Kier alpha value is -1.10. The third-order valence-corrected chi connectivity index (χ3v) is 3.92. The molecule has 1 aromatic heterocycles. The normalized spacial score (nSPS) is 20.4. The van der Waals surface area contributed by atoms with Crippen LogP contribution in [0.25, 0.3) is 0 Å². The molecule has 1 aliphatic heterocycles. The van der Waals surface area contributed by atoms with E-state index in [4.69, 9.17) is 16.1 Å². The third kappa shape index (κ3) is 2.36. The fourth-order valence-electron chi connectivity index (χ4n) is 2.16. The first-order valence-corrected chi connectivity index (χ1v) is 6.66. The van der Waals surface area contributed by atoms with E-state index in [-0.39, 0.29) is 11.9 Å². The molecule has 100 valence electrons. The van der Waals surface area contributed by atoms with E-state index < -0.39 is 5.41 Å². The van der Waals surface area contributed by atoms with Gasteiger partial charge in [-0.1, -0.05) is 5.16 Å². The van der Waals surface area contributed by atoms with Gasteiger partial charge >= 0.3 is 0 Å². The molecule has 6 heteroatoms. The summed E-state index contributed by atoms with van der Waals surface area (Å²) in [4.78, 5) is 18.5. The molecule has 0 bridgehead atoms.